The molecule has 0 bridgehead atoms. The molecule has 1 aliphatic heterocycles. The van der Waals surface area contributed by atoms with Crippen molar-refractivity contribution in [2.45, 2.75) is 0 Å². The molecule has 0 aliphatic carbocycles. The molecule has 1 heterocycles. The highest BCUT2D eigenvalue weighted by Gasteiger charge is 2.38. The first-order valence-corrected chi connectivity index (χ1v) is 9.92. The van der Waals surface area contributed by atoms with Crippen molar-refractivity contribution in [1.82, 2.24) is 0 Å². The number of amides is 2. The van der Waals surface area contributed by atoms with Crippen LogP contribution in [0.15, 0.2) is 89.6 Å². The number of ether oxygens (including phenoxy) is 2. The maximum absolute atomic E-state index is 12.8. The maximum atomic E-state index is 12.8. The van der Waals surface area contributed by atoms with Crippen LogP contribution in [0.25, 0.3) is 0 Å². The lowest BCUT2D eigenvalue weighted by atomic mass is 10.2. The molecular weight excluding hydrogens is 432 g/mol. The molecule has 0 spiro atoms. The van der Waals surface area contributed by atoms with E-state index in [9.17, 15) is 14.4 Å². The minimum atomic E-state index is -0.606. The number of anilines is 2. The largest absolute Gasteiger partial charge is 0.497 e. The Morgan fingerprint density at radius 1 is 0.844 bits per heavy atom. The van der Waals surface area contributed by atoms with E-state index in [0.29, 0.717) is 28.4 Å². The quantitative estimate of drug-likeness (QED) is 0.343. The molecule has 0 atom stereocenters. The number of hydrogen-bond donors (Lipinski definition) is 1. The lowest BCUT2D eigenvalue weighted by Gasteiger charge is -2.14. The fourth-order valence-electron chi connectivity index (χ4n) is 3.07. The summed E-state index contributed by atoms with van der Waals surface area (Å²) in [7, 11) is 1.55. The van der Waals surface area contributed by atoms with Gasteiger partial charge in [0.25, 0.3) is 11.8 Å². The summed E-state index contributed by atoms with van der Waals surface area (Å²) in [6, 6.07) is 21.4. The molecule has 0 saturated heterocycles. The number of imide groups is 1. The highest BCUT2D eigenvalue weighted by molar-refractivity contribution is 6.53. The SMILES string of the molecule is COc1ccc(OC(=O)c2ccc(NC3=C(Cl)C(=O)N(c4ccccc4)C3=O)cc2)cc1. The van der Waals surface area contributed by atoms with Gasteiger partial charge in [-0.1, -0.05) is 29.8 Å². The van der Waals surface area contributed by atoms with E-state index in [-0.39, 0.29) is 10.7 Å². The maximum Gasteiger partial charge on any atom is 0.343 e. The molecule has 1 aliphatic rings. The molecule has 4 rings (SSSR count). The minimum Gasteiger partial charge on any atom is -0.497 e. The Bertz CT molecular complexity index is 1210. The number of carbonyl (C=O) groups excluding carboxylic acids is 3. The summed E-state index contributed by atoms with van der Waals surface area (Å²) in [6.45, 7) is 0. The third-order valence-electron chi connectivity index (χ3n) is 4.70. The first kappa shape index (κ1) is 21.1. The topological polar surface area (TPSA) is 84.9 Å². The van der Waals surface area contributed by atoms with Crippen molar-refractivity contribution in [2.24, 2.45) is 0 Å². The number of nitrogens with zero attached hydrogens (tertiary/aromatic N) is 1. The van der Waals surface area contributed by atoms with Crippen molar-refractivity contribution in [2.75, 3.05) is 17.3 Å². The summed E-state index contributed by atoms with van der Waals surface area (Å²) in [5, 5.41) is 2.66. The number of methoxy groups -OCH3 is 1. The van der Waals surface area contributed by atoms with E-state index < -0.39 is 17.8 Å². The zero-order chi connectivity index (χ0) is 22.7. The van der Waals surface area contributed by atoms with Crippen molar-refractivity contribution in [1.29, 1.82) is 0 Å². The van der Waals surface area contributed by atoms with Crippen LogP contribution < -0.4 is 19.7 Å². The van der Waals surface area contributed by atoms with Gasteiger partial charge < -0.3 is 14.8 Å². The van der Waals surface area contributed by atoms with Crippen LogP contribution in [-0.2, 0) is 9.59 Å². The van der Waals surface area contributed by atoms with E-state index in [1.807, 2.05) is 0 Å². The lowest BCUT2D eigenvalue weighted by molar-refractivity contribution is -0.120. The normalized spacial score (nSPS) is 13.4. The highest BCUT2D eigenvalue weighted by Crippen LogP contribution is 2.30. The number of esters is 1. The van der Waals surface area contributed by atoms with Gasteiger partial charge >= 0.3 is 5.97 Å². The molecule has 0 radical (unpaired) electrons. The van der Waals surface area contributed by atoms with Gasteiger partial charge in [0.05, 0.1) is 18.4 Å². The molecule has 0 fully saturated rings. The molecule has 160 valence electrons. The summed E-state index contributed by atoms with van der Waals surface area (Å²) in [5.41, 5.74) is 1.18. The molecule has 0 unspecified atom stereocenters. The Hall–Kier alpha value is -4.10. The van der Waals surface area contributed by atoms with Gasteiger partial charge in [0, 0.05) is 5.69 Å². The van der Waals surface area contributed by atoms with Crippen LogP contribution in [0.1, 0.15) is 10.4 Å². The average Bonchev–Trinajstić information content (AvgIpc) is 3.03. The number of carbonyl (C=O) groups is 3. The molecule has 32 heavy (non-hydrogen) atoms. The van der Waals surface area contributed by atoms with Gasteiger partial charge in [0.15, 0.2) is 0 Å². The number of nitrogens with one attached hydrogen (secondary N) is 1. The second kappa shape index (κ2) is 8.95. The Morgan fingerprint density at radius 2 is 1.47 bits per heavy atom. The third kappa shape index (κ3) is 4.19. The highest BCUT2D eigenvalue weighted by atomic mass is 35.5. The summed E-state index contributed by atoms with van der Waals surface area (Å²) >= 11 is 6.13. The number of rotatable bonds is 6. The van der Waals surface area contributed by atoms with Crippen LogP contribution >= 0.6 is 11.6 Å². The Balaban J connectivity index is 1.45. The van der Waals surface area contributed by atoms with Crippen LogP contribution in [0.5, 0.6) is 11.5 Å². The summed E-state index contributed by atoms with van der Waals surface area (Å²) in [4.78, 5) is 38.6. The lowest BCUT2D eigenvalue weighted by Crippen LogP contribution is -2.32. The monoisotopic (exact) mass is 448 g/mol. The van der Waals surface area contributed by atoms with Crippen molar-refractivity contribution < 1.29 is 23.9 Å². The first-order chi connectivity index (χ1) is 15.5. The van der Waals surface area contributed by atoms with Gasteiger partial charge in [-0.2, -0.15) is 0 Å². The number of halogens is 1. The predicted octanol–water partition coefficient (Wildman–Crippen LogP) is 4.35. The van der Waals surface area contributed by atoms with Crippen LogP contribution in [-0.4, -0.2) is 24.9 Å². The van der Waals surface area contributed by atoms with E-state index in [0.717, 1.165) is 4.90 Å². The van der Waals surface area contributed by atoms with Crippen molar-refractivity contribution in [3.05, 3.63) is 95.2 Å². The van der Waals surface area contributed by atoms with Crippen LogP contribution in [0, 0.1) is 0 Å². The molecule has 0 aromatic heterocycles. The minimum absolute atomic E-state index is 0.0333. The van der Waals surface area contributed by atoms with Gasteiger partial charge in [-0.05, 0) is 60.7 Å². The van der Waals surface area contributed by atoms with Crippen LogP contribution in [0.4, 0.5) is 11.4 Å². The van der Waals surface area contributed by atoms with Crippen molar-refractivity contribution >= 4 is 40.8 Å². The second-order valence-corrected chi connectivity index (χ2v) is 7.12. The van der Waals surface area contributed by atoms with Gasteiger partial charge in [-0.3, -0.25) is 9.59 Å². The number of hydrogen-bond acceptors (Lipinski definition) is 6. The zero-order valence-corrected chi connectivity index (χ0v) is 17.6. The zero-order valence-electron chi connectivity index (χ0n) is 16.9. The van der Waals surface area contributed by atoms with Crippen LogP contribution in [0.2, 0.25) is 0 Å². The second-order valence-electron chi connectivity index (χ2n) is 6.74. The third-order valence-corrected chi connectivity index (χ3v) is 5.05. The molecule has 1 N–H and O–H groups in total. The summed E-state index contributed by atoms with van der Waals surface area (Å²) in [6.07, 6.45) is 0. The molecule has 3 aromatic carbocycles. The Kier molecular flexibility index (Phi) is 5.91. The standard InChI is InChI=1S/C24H17ClN2O5/c1-31-18-11-13-19(14-12-18)32-24(30)15-7-9-16(10-8-15)26-21-20(25)22(28)27(23(21)29)17-5-3-2-4-6-17/h2-14,26H,1H3. The van der Waals surface area contributed by atoms with Gasteiger partial charge in [-0.25, -0.2) is 9.69 Å². The predicted molar refractivity (Wildman–Crippen MR) is 120 cm³/mol. The molecule has 7 nitrogen and oxygen atoms in total. The fourth-order valence-corrected chi connectivity index (χ4v) is 3.28. The van der Waals surface area contributed by atoms with Gasteiger partial charge in [0.1, 0.15) is 22.2 Å². The molecule has 0 saturated carbocycles. The Labute approximate surface area is 188 Å². The summed E-state index contributed by atoms with van der Waals surface area (Å²) < 4.78 is 10.4. The van der Waals surface area contributed by atoms with Crippen molar-refractivity contribution in [3.63, 3.8) is 0 Å². The molecule has 2 amide bonds. The Morgan fingerprint density at radius 3 is 2.09 bits per heavy atom. The average molecular weight is 449 g/mol. The van der Waals surface area contributed by atoms with E-state index in [1.165, 1.54) is 0 Å². The van der Waals surface area contributed by atoms with E-state index in [1.54, 1.807) is 86.0 Å². The van der Waals surface area contributed by atoms with Crippen molar-refractivity contribution in [3.8, 4) is 11.5 Å². The fraction of sp³-hybridized carbons (Fsp3) is 0.0417. The van der Waals surface area contributed by atoms with E-state index in [4.69, 9.17) is 21.1 Å². The van der Waals surface area contributed by atoms with Gasteiger partial charge in [0.2, 0.25) is 0 Å². The van der Waals surface area contributed by atoms with E-state index in [2.05, 4.69) is 5.32 Å². The van der Waals surface area contributed by atoms with E-state index >= 15 is 0 Å². The molecule has 8 heteroatoms. The van der Waals surface area contributed by atoms with Gasteiger partial charge in [-0.15, -0.1) is 0 Å². The first-order valence-electron chi connectivity index (χ1n) is 9.55. The number of benzene rings is 3. The molecule has 3 aromatic rings. The summed E-state index contributed by atoms with van der Waals surface area (Å²) in [5.74, 6) is -0.675. The number of para-hydroxylation sites is 1. The molecular formula is C24H17ClN2O5. The van der Waals surface area contributed by atoms with Crippen LogP contribution in [0.3, 0.4) is 0 Å². The smallest absolute Gasteiger partial charge is 0.343 e.